The molecule has 0 bridgehead atoms. The van der Waals surface area contributed by atoms with E-state index in [1.165, 1.54) is 0 Å². The van der Waals surface area contributed by atoms with E-state index in [2.05, 4.69) is 11.9 Å². The molecule has 2 heteroatoms. The van der Waals surface area contributed by atoms with Crippen LogP contribution in [-0.2, 0) is 6.42 Å². The molecule has 0 saturated carbocycles. The molecule has 0 N–H and O–H groups in total. The molecule has 0 radical (unpaired) electrons. The first-order valence-corrected chi connectivity index (χ1v) is 5.23. The number of benzene rings is 1. The lowest BCUT2D eigenvalue weighted by atomic mass is 10.1. The Hall–Kier alpha value is -1.08. The van der Waals surface area contributed by atoms with Crippen LogP contribution < -0.4 is 0 Å². The number of fused-ring (bicyclic) bond motifs is 1. The molecule has 0 saturated heterocycles. The first-order valence-electron chi connectivity index (χ1n) is 4.85. The van der Waals surface area contributed by atoms with Crippen LogP contribution in [0.1, 0.15) is 19.0 Å². The number of hydrogen-bond donors (Lipinski definition) is 0. The van der Waals surface area contributed by atoms with Gasteiger partial charge in [0.1, 0.15) is 0 Å². The van der Waals surface area contributed by atoms with Crippen LogP contribution in [0.3, 0.4) is 0 Å². The Morgan fingerprint density at radius 3 is 2.86 bits per heavy atom. The summed E-state index contributed by atoms with van der Waals surface area (Å²) in [6, 6.07) is 9.94. The molecular weight excluding hydrogens is 194 g/mol. The molecule has 1 nitrogen and oxygen atoms in total. The fourth-order valence-electron chi connectivity index (χ4n) is 1.57. The van der Waals surface area contributed by atoms with Crippen molar-refractivity contribution in [2.45, 2.75) is 19.8 Å². The highest BCUT2D eigenvalue weighted by Gasteiger charge is 2.02. The molecule has 0 unspecified atom stereocenters. The number of para-hydroxylation sites is 1. The fourth-order valence-corrected chi connectivity index (χ4v) is 1.85. The predicted molar refractivity (Wildman–Crippen MR) is 60.7 cm³/mol. The zero-order valence-electron chi connectivity index (χ0n) is 8.13. The Kier molecular flexibility index (Phi) is 2.69. The van der Waals surface area contributed by atoms with E-state index in [0.717, 1.165) is 34.5 Å². The van der Waals surface area contributed by atoms with Crippen molar-refractivity contribution in [3.05, 3.63) is 41.0 Å². The molecule has 0 aliphatic carbocycles. The molecule has 1 heterocycles. The highest BCUT2D eigenvalue weighted by Crippen LogP contribution is 2.23. The molecule has 14 heavy (non-hydrogen) atoms. The maximum absolute atomic E-state index is 6.16. The molecular formula is C12H12ClN. The molecule has 72 valence electrons. The van der Waals surface area contributed by atoms with Crippen LogP contribution >= 0.6 is 11.6 Å². The van der Waals surface area contributed by atoms with Crippen LogP contribution in [0.2, 0.25) is 5.02 Å². The van der Waals surface area contributed by atoms with Crippen LogP contribution in [0.25, 0.3) is 10.9 Å². The molecule has 0 atom stereocenters. The molecule has 1 aromatic carbocycles. The van der Waals surface area contributed by atoms with Gasteiger partial charge in [0.25, 0.3) is 0 Å². The van der Waals surface area contributed by atoms with Gasteiger partial charge in [-0.25, -0.2) is 0 Å². The summed E-state index contributed by atoms with van der Waals surface area (Å²) in [5.41, 5.74) is 2.07. The average molecular weight is 206 g/mol. The number of halogens is 1. The molecule has 2 aromatic rings. The minimum atomic E-state index is 0.805. The Bertz CT molecular complexity index is 451. The summed E-state index contributed by atoms with van der Waals surface area (Å²) < 4.78 is 0. The summed E-state index contributed by atoms with van der Waals surface area (Å²) in [7, 11) is 0. The highest BCUT2D eigenvalue weighted by atomic mass is 35.5. The van der Waals surface area contributed by atoms with Gasteiger partial charge in [-0.3, -0.25) is 4.98 Å². The van der Waals surface area contributed by atoms with Crippen molar-refractivity contribution >= 4 is 22.5 Å². The fraction of sp³-hybridized carbons (Fsp3) is 0.250. The van der Waals surface area contributed by atoms with Gasteiger partial charge in [-0.05, 0) is 18.6 Å². The summed E-state index contributed by atoms with van der Waals surface area (Å²) in [4.78, 5) is 4.54. The zero-order valence-corrected chi connectivity index (χ0v) is 8.88. The van der Waals surface area contributed by atoms with Crippen molar-refractivity contribution in [2.24, 2.45) is 0 Å². The minimum Gasteiger partial charge on any atom is -0.253 e. The molecule has 2 rings (SSSR count). The highest BCUT2D eigenvalue weighted by molar-refractivity contribution is 6.35. The van der Waals surface area contributed by atoms with Gasteiger partial charge in [-0.1, -0.05) is 43.1 Å². The van der Waals surface area contributed by atoms with Gasteiger partial charge < -0.3 is 0 Å². The Morgan fingerprint density at radius 1 is 1.29 bits per heavy atom. The number of aryl methyl sites for hydroxylation is 1. The van der Waals surface area contributed by atoms with Crippen LogP contribution in [-0.4, -0.2) is 4.98 Å². The molecule has 0 amide bonds. The van der Waals surface area contributed by atoms with Gasteiger partial charge in [-0.15, -0.1) is 0 Å². The standard InChI is InChI=1S/C12H12ClN/c1-2-5-9-8-11(13)10-6-3-4-7-12(10)14-9/h3-4,6-8H,2,5H2,1H3. The second-order valence-corrected chi connectivity index (χ2v) is 3.77. The van der Waals surface area contributed by atoms with E-state index in [9.17, 15) is 0 Å². The Morgan fingerprint density at radius 2 is 2.07 bits per heavy atom. The second kappa shape index (κ2) is 3.97. The SMILES string of the molecule is CCCc1cc(Cl)c2ccccc2n1. The number of hydrogen-bond acceptors (Lipinski definition) is 1. The van der Waals surface area contributed by atoms with E-state index >= 15 is 0 Å². The monoisotopic (exact) mass is 205 g/mol. The first-order chi connectivity index (χ1) is 6.81. The Labute approximate surface area is 88.7 Å². The van der Waals surface area contributed by atoms with Gasteiger partial charge in [-0.2, -0.15) is 0 Å². The minimum absolute atomic E-state index is 0.805. The third kappa shape index (κ3) is 1.73. The smallest absolute Gasteiger partial charge is 0.0720 e. The number of aromatic nitrogens is 1. The van der Waals surface area contributed by atoms with E-state index in [1.807, 2.05) is 30.3 Å². The molecule has 1 aromatic heterocycles. The lowest BCUT2D eigenvalue weighted by Gasteiger charge is -2.03. The van der Waals surface area contributed by atoms with Gasteiger partial charge in [0, 0.05) is 11.1 Å². The second-order valence-electron chi connectivity index (χ2n) is 3.36. The van der Waals surface area contributed by atoms with Gasteiger partial charge in [0.2, 0.25) is 0 Å². The normalized spacial score (nSPS) is 10.7. The van der Waals surface area contributed by atoms with Gasteiger partial charge in [0.05, 0.1) is 10.5 Å². The van der Waals surface area contributed by atoms with Gasteiger partial charge in [0.15, 0.2) is 0 Å². The maximum Gasteiger partial charge on any atom is 0.0720 e. The van der Waals surface area contributed by atoms with Crippen molar-refractivity contribution < 1.29 is 0 Å². The number of nitrogens with zero attached hydrogens (tertiary/aromatic N) is 1. The summed E-state index contributed by atoms with van der Waals surface area (Å²) in [5, 5.41) is 1.84. The quantitative estimate of drug-likeness (QED) is 0.726. The summed E-state index contributed by atoms with van der Waals surface area (Å²) in [6.45, 7) is 2.14. The van der Waals surface area contributed by atoms with Crippen LogP contribution in [0.4, 0.5) is 0 Å². The lowest BCUT2D eigenvalue weighted by Crippen LogP contribution is -1.90. The van der Waals surface area contributed by atoms with Crippen molar-refractivity contribution in [1.82, 2.24) is 4.98 Å². The third-order valence-electron chi connectivity index (χ3n) is 2.22. The van der Waals surface area contributed by atoms with Crippen LogP contribution in [0, 0.1) is 0 Å². The van der Waals surface area contributed by atoms with Gasteiger partial charge >= 0.3 is 0 Å². The molecule has 0 fully saturated rings. The average Bonchev–Trinajstić information content (AvgIpc) is 2.18. The first kappa shape index (κ1) is 9.47. The largest absolute Gasteiger partial charge is 0.253 e. The van der Waals surface area contributed by atoms with E-state index in [4.69, 9.17) is 11.6 Å². The lowest BCUT2D eigenvalue weighted by molar-refractivity contribution is 0.890. The van der Waals surface area contributed by atoms with Crippen LogP contribution in [0.15, 0.2) is 30.3 Å². The topological polar surface area (TPSA) is 12.9 Å². The van der Waals surface area contributed by atoms with Crippen molar-refractivity contribution in [3.63, 3.8) is 0 Å². The van der Waals surface area contributed by atoms with E-state index in [1.54, 1.807) is 0 Å². The maximum atomic E-state index is 6.16. The number of pyridine rings is 1. The van der Waals surface area contributed by atoms with E-state index < -0.39 is 0 Å². The van der Waals surface area contributed by atoms with Crippen LogP contribution in [0.5, 0.6) is 0 Å². The summed E-state index contributed by atoms with van der Waals surface area (Å²) in [6.07, 6.45) is 2.09. The summed E-state index contributed by atoms with van der Waals surface area (Å²) in [5.74, 6) is 0. The van der Waals surface area contributed by atoms with Crippen molar-refractivity contribution in [3.8, 4) is 0 Å². The zero-order chi connectivity index (χ0) is 9.97. The third-order valence-corrected chi connectivity index (χ3v) is 2.54. The summed E-state index contributed by atoms with van der Waals surface area (Å²) >= 11 is 6.16. The van der Waals surface area contributed by atoms with E-state index in [0.29, 0.717) is 0 Å². The number of rotatable bonds is 2. The molecule has 0 aliphatic heterocycles. The Balaban J connectivity index is 2.60. The molecule has 0 aliphatic rings. The van der Waals surface area contributed by atoms with Crippen molar-refractivity contribution in [2.75, 3.05) is 0 Å². The predicted octanol–water partition coefficient (Wildman–Crippen LogP) is 3.84. The molecule has 0 spiro atoms. The van der Waals surface area contributed by atoms with E-state index in [-0.39, 0.29) is 0 Å². The van der Waals surface area contributed by atoms with Crippen molar-refractivity contribution in [1.29, 1.82) is 0 Å².